The number of hydrogen-bond donors (Lipinski definition) is 0. The molecule has 0 aliphatic rings. The van der Waals surface area contributed by atoms with E-state index in [1.165, 1.54) is 0 Å². The molecule has 2 aromatic rings. The maximum Gasteiger partial charge on any atom is 0.185 e. The molecule has 0 radical (unpaired) electrons. The minimum Gasteiger partial charge on any atom is -0.497 e. The Bertz CT molecular complexity index is 689. The average Bonchev–Trinajstić information content (AvgIpc) is 2.58. The quantitative estimate of drug-likeness (QED) is 0.463. The van der Waals surface area contributed by atoms with Gasteiger partial charge in [-0.25, -0.2) is 0 Å². The molecule has 0 unspecified atom stereocenters. The summed E-state index contributed by atoms with van der Waals surface area (Å²) in [6.07, 6.45) is 8.43. The Hall–Kier alpha value is -2.99. The van der Waals surface area contributed by atoms with Crippen LogP contribution in [0.4, 0.5) is 0 Å². The summed E-state index contributed by atoms with van der Waals surface area (Å²) < 4.78 is 10.4. The van der Waals surface area contributed by atoms with Gasteiger partial charge in [0.1, 0.15) is 18.1 Å². The van der Waals surface area contributed by atoms with Crippen LogP contribution in [0.25, 0.3) is 6.08 Å². The van der Waals surface area contributed by atoms with Crippen LogP contribution in [-0.2, 0) is 0 Å². The van der Waals surface area contributed by atoms with Crippen molar-refractivity contribution in [3.05, 3.63) is 65.7 Å². The molecule has 3 heteroatoms. The van der Waals surface area contributed by atoms with Gasteiger partial charge in [0.2, 0.25) is 0 Å². The second-order valence-corrected chi connectivity index (χ2v) is 4.49. The van der Waals surface area contributed by atoms with Gasteiger partial charge in [0.15, 0.2) is 5.78 Å². The van der Waals surface area contributed by atoms with Crippen molar-refractivity contribution in [3.63, 3.8) is 0 Å². The lowest BCUT2D eigenvalue weighted by Gasteiger charge is -2.02. The molecule has 0 aromatic heterocycles. The van der Waals surface area contributed by atoms with Crippen LogP contribution >= 0.6 is 0 Å². The number of ketones is 1. The number of terminal acetylenes is 1. The van der Waals surface area contributed by atoms with E-state index >= 15 is 0 Å². The molecule has 0 bridgehead atoms. The summed E-state index contributed by atoms with van der Waals surface area (Å²) in [5, 5.41) is 0. The number of ether oxygens (including phenoxy) is 2. The fraction of sp³-hybridized carbons (Fsp3) is 0.105. The molecule has 0 amide bonds. The Kier molecular flexibility index (Phi) is 5.39. The van der Waals surface area contributed by atoms with E-state index in [2.05, 4.69) is 5.92 Å². The Morgan fingerprint density at radius 1 is 1.09 bits per heavy atom. The number of methoxy groups -OCH3 is 1. The molecule has 0 aliphatic heterocycles. The third-order valence-corrected chi connectivity index (χ3v) is 3.00. The summed E-state index contributed by atoms with van der Waals surface area (Å²) in [5.41, 5.74) is 1.53. The van der Waals surface area contributed by atoms with Gasteiger partial charge in [-0.1, -0.05) is 24.1 Å². The zero-order valence-electron chi connectivity index (χ0n) is 12.3. The van der Waals surface area contributed by atoms with E-state index < -0.39 is 0 Å². The number of carbonyl (C=O) groups is 1. The molecule has 2 rings (SSSR count). The highest BCUT2D eigenvalue weighted by atomic mass is 16.5. The zero-order chi connectivity index (χ0) is 15.8. The van der Waals surface area contributed by atoms with Crippen molar-refractivity contribution in [2.24, 2.45) is 0 Å². The molecule has 22 heavy (non-hydrogen) atoms. The first-order valence-corrected chi connectivity index (χ1v) is 6.75. The summed E-state index contributed by atoms with van der Waals surface area (Å²) >= 11 is 0. The van der Waals surface area contributed by atoms with Gasteiger partial charge in [0.05, 0.1) is 7.11 Å². The third kappa shape index (κ3) is 4.26. The third-order valence-electron chi connectivity index (χ3n) is 3.00. The lowest BCUT2D eigenvalue weighted by Crippen LogP contribution is -1.94. The van der Waals surface area contributed by atoms with Crippen LogP contribution in [-0.4, -0.2) is 19.5 Å². The van der Waals surface area contributed by atoms with Crippen LogP contribution in [0, 0.1) is 12.3 Å². The minimum absolute atomic E-state index is 0.0599. The van der Waals surface area contributed by atoms with Crippen molar-refractivity contribution < 1.29 is 14.3 Å². The van der Waals surface area contributed by atoms with Crippen molar-refractivity contribution in [1.82, 2.24) is 0 Å². The largest absolute Gasteiger partial charge is 0.497 e. The van der Waals surface area contributed by atoms with Crippen molar-refractivity contribution in [1.29, 1.82) is 0 Å². The molecule has 0 spiro atoms. The number of rotatable bonds is 6. The first kappa shape index (κ1) is 15.4. The van der Waals surface area contributed by atoms with Gasteiger partial charge in [0, 0.05) is 5.56 Å². The van der Waals surface area contributed by atoms with Crippen LogP contribution in [0.1, 0.15) is 15.9 Å². The van der Waals surface area contributed by atoms with Crippen LogP contribution < -0.4 is 9.47 Å². The number of carbonyl (C=O) groups excluding carboxylic acids is 1. The lowest BCUT2D eigenvalue weighted by atomic mass is 10.1. The van der Waals surface area contributed by atoms with E-state index in [9.17, 15) is 4.79 Å². The van der Waals surface area contributed by atoms with Crippen molar-refractivity contribution >= 4 is 11.9 Å². The predicted molar refractivity (Wildman–Crippen MR) is 87.1 cm³/mol. The van der Waals surface area contributed by atoms with E-state index in [0.29, 0.717) is 11.3 Å². The van der Waals surface area contributed by atoms with E-state index in [-0.39, 0.29) is 12.4 Å². The number of hydrogen-bond acceptors (Lipinski definition) is 3. The van der Waals surface area contributed by atoms with E-state index in [1.807, 2.05) is 24.3 Å². The number of allylic oxidation sites excluding steroid dienone is 1. The molecule has 0 N–H and O–H groups in total. The molecule has 110 valence electrons. The predicted octanol–water partition coefficient (Wildman–Crippen LogP) is 3.60. The van der Waals surface area contributed by atoms with Crippen LogP contribution in [0.2, 0.25) is 0 Å². The summed E-state index contributed by atoms with van der Waals surface area (Å²) in [5.74, 6) is 3.78. The smallest absolute Gasteiger partial charge is 0.185 e. The fourth-order valence-corrected chi connectivity index (χ4v) is 1.82. The zero-order valence-corrected chi connectivity index (χ0v) is 12.3. The molecule has 0 atom stereocenters. The van der Waals surface area contributed by atoms with Crippen molar-refractivity contribution in [3.8, 4) is 23.8 Å². The molecule has 0 saturated heterocycles. The molecule has 0 fully saturated rings. The van der Waals surface area contributed by atoms with Crippen molar-refractivity contribution in [2.75, 3.05) is 13.7 Å². The molecular formula is C19H16O3. The van der Waals surface area contributed by atoms with Gasteiger partial charge in [-0.05, 0) is 48.0 Å². The maximum absolute atomic E-state index is 12.1. The molecule has 2 aromatic carbocycles. The summed E-state index contributed by atoms with van der Waals surface area (Å²) in [4.78, 5) is 12.1. The average molecular weight is 292 g/mol. The topological polar surface area (TPSA) is 35.5 Å². The number of benzene rings is 2. The van der Waals surface area contributed by atoms with Crippen molar-refractivity contribution in [2.45, 2.75) is 0 Å². The first-order chi connectivity index (χ1) is 10.7. The van der Waals surface area contributed by atoms with Gasteiger partial charge in [-0.15, -0.1) is 6.42 Å². The highest BCUT2D eigenvalue weighted by Gasteiger charge is 2.01. The Labute approximate surface area is 130 Å². The highest BCUT2D eigenvalue weighted by molar-refractivity contribution is 6.06. The van der Waals surface area contributed by atoms with Gasteiger partial charge < -0.3 is 9.47 Å². The second-order valence-electron chi connectivity index (χ2n) is 4.49. The molecule has 3 nitrogen and oxygen atoms in total. The van der Waals surface area contributed by atoms with Gasteiger partial charge in [-0.3, -0.25) is 4.79 Å². The van der Waals surface area contributed by atoms with E-state index in [1.54, 1.807) is 43.5 Å². The molecule has 0 heterocycles. The van der Waals surface area contributed by atoms with Crippen LogP contribution in [0.5, 0.6) is 11.5 Å². The minimum atomic E-state index is -0.0599. The highest BCUT2D eigenvalue weighted by Crippen LogP contribution is 2.15. The Balaban J connectivity index is 2.01. The van der Waals surface area contributed by atoms with Crippen LogP contribution in [0.3, 0.4) is 0 Å². The second kappa shape index (κ2) is 7.70. The monoisotopic (exact) mass is 292 g/mol. The Morgan fingerprint density at radius 2 is 1.73 bits per heavy atom. The van der Waals surface area contributed by atoms with Gasteiger partial charge in [-0.2, -0.15) is 0 Å². The first-order valence-electron chi connectivity index (χ1n) is 6.75. The van der Waals surface area contributed by atoms with Gasteiger partial charge >= 0.3 is 0 Å². The normalized spacial score (nSPS) is 10.2. The van der Waals surface area contributed by atoms with E-state index in [4.69, 9.17) is 15.9 Å². The fourth-order valence-electron chi connectivity index (χ4n) is 1.82. The summed E-state index contributed by atoms with van der Waals surface area (Å²) in [6.45, 7) is 0.241. The molecule has 0 saturated carbocycles. The van der Waals surface area contributed by atoms with Crippen LogP contribution in [0.15, 0.2) is 54.6 Å². The standard InChI is InChI=1S/C19H16O3/c1-3-14-22-18-9-4-15(5-10-18)6-13-19(20)16-7-11-17(21-2)12-8-16/h1,4-13H,14H2,2H3/b13-6+. The Morgan fingerprint density at radius 3 is 2.32 bits per heavy atom. The summed E-state index contributed by atoms with van der Waals surface area (Å²) in [6, 6.07) is 14.4. The molecular weight excluding hydrogens is 276 g/mol. The lowest BCUT2D eigenvalue weighted by molar-refractivity contribution is 0.104. The SMILES string of the molecule is C#CCOc1ccc(/C=C/C(=O)c2ccc(OC)cc2)cc1. The maximum atomic E-state index is 12.1. The molecule has 0 aliphatic carbocycles. The summed E-state index contributed by atoms with van der Waals surface area (Å²) in [7, 11) is 1.59. The van der Waals surface area contributed by atoms with E-state index in [0.717, 1.165) is 11.3 Å². The van der Waals surface area contributed by atoms with Gasteiger partial charge in [0.25, 0.3) is 0 Å².